The lowest BCUT2D eigenvalue weighted by Gasteiger charge is -2.58. The maximum Gasteiger partial charge on any atom is 0.427 e. The number of fused-ring (bicyclic) bond motifs is 7. The summed E-state index contributed by atoms with van der Waals surface area (Å²) in [5.41, 5.74) is 3.53. The van der Waals surface area contributed by atoms with Crippen LogP contribution in [0.1, 0.15) is 86.5 Å². The number of amides is 1. The second kappa shape index (κ2) is 10.5. The molecular weight excluding hydrogens is 514 g/mol. The van der Waals surface area contributed by atoms with Crippen LogP contribution in [0.3, 0.4) is 0 Å². The van der Waals surface area contributed by atoms with Crippen molar-refractivity contribution in [1.29, 1.82) is 0 Å². The highest BCUT2D eigenvalue weighted by Crippen LogP contribution is 2.70. The zero-order valence-corrected chi connectivity index (χ0v) is 24.6. The minimum Gasteiger partial charge on any atom is -0.462 e. The minimum atomic E-state index is -0.970. The van der Waals surface area contributed by atoms with E-state index in [2.05, 4.69) is 35.6 Å². The maximum absolute atomic E-state index is 13.0. The third-order valence-corrected chi connectivity index (χ3v) is 10.8. The van der Waals surface area contributed by atoms with Gasteiger partial charge in [-0.2, -0.15) is 5.10 Å². The Morgan fingerprint density at radius 1 is 1.10 bits per heavy atom. The van der Waals surface area contributed by atoms with Crippen LogP contribution >= 0.6 is 0 Å². The molecule has 1 amide bonds. The normalized spacial score (nSPS) is 39.8. The second-order valence-corrected chi connectivity index (χ2v) is 12.5. The number of carbonyl (C=O) groups is 3. The fourth-order valence-corrected chi connectivity index (χ4v) is 9.15. The monoisotopic (exact) mass is 557 g/mol. The van der Waals surface area contributed by atoms with Gasteiger partial charge >= 0.3 is 18.0 Å². The first-order valence-electron chi connectivity index (χ1n) is 14.8. The maximum atomic E-state index is 13.0. The molecule has 0 radical (unpaired) electrons. The molecular formula is C30H43N3O7. The van der Waals surface area contributed by atoms with Gasteiger partial charge in [0.05, 0.1) is 24.8 Å². The lowest BCUT2D eigenvalue weighted by Crippen LogP contribution is -2.59. The van der Waals surface area contributed by atoms with E-state index in [1.165, 1.54) is 12.5 Å². The summed E-state index contributed by atoms with van der Waals surface area (Å²) in [6.45, 7) is 12.0. The van der Waals surface area contributed by atoms with Crippen molar-refractivity contribution in [3.8, 4) is 0 Å². The number of oxime groups is 1. The fraction of sp³-hybridized carbons (Fsp3) is 0.767. The number of nitrogens with one attached hydrogen (secondary N) is 1. The standard InChI is InChI=1S/C30H43N3O7/c1-7-37-26(35)25-24-16-23-21-10-9-19-15-20(39-18(4)34)11-13-28(19,5)22(21)12-14-29(23,6)30(24,40-33-25)17(3)31-32-27(36)38-8-2/h9,20-24H,7-8,10-16H2,1-6H3,(H,32,36)/b31-17-/t20-,21?,22?,23?,24-,28-,29-,30+/m0/s1. The van der Waals surface area contributed by atoms with E-state index in [0.29, 0.717) is 23.3 Å². The summed E-state index contributed by atoms with van der Waals surface area (Å²) in [5, 5.41) is 8.75. The predicted octanol–water partition coefficient (Wildman–Crippen LogP) is 4.92. The van der Waals surface area contributed by atoms with Crippen LogP contribution in [0.25, 0.3) is 0 Å². The Morgan fingerprint density at radius 3 is 2.55 bits per heavy atom. The van der Waals surface area contributed by atoms with Crippen molar-refractivity contribution in [3.05, 3.63) is 11.6 Å². The zero-order valence-electron chi connectivity index (χ0n) is 24.6. The Morgan fingerprint density at radius 2 is 1.85 bits per heavy atom. The van der Waals surface area contributed by atoms with Crippen molar-refractivity contribution in [2.75, 3.05) is 13.2 Å². The van der Waals surface area contributed by atoms with Crippen molar-refractivity contribution in [1.82, 2.24) is 5.43 Å². The molecule has 3 unspecified atom stereocenters. The van der Waals surface area contributed by atoms with Gasteiger partial charge in [-0.3, -0.25) is 4.79 Å². The van der Waals surface area contributed by atoms with Gasteiger partial charge in [0.15, 0.2) is 11.3 Å². The number of carbonyl (C=O) groups excluding carboxylic acids is 3. The largest absolute Gasteiger partial charge is 0.462 e. The van der Waals surface area contributed by atoms with E-state index in [1.54, 1.807) is 13.8 Å². The van der Waals surface area contributed by atoms with Crippen LogP contribution in [0.5, 0.6) is 0 Å². The highest BCUT2D eigenvalue weighted by Gasteiger charge is 2.74. The first-order valence-corrected chi connectivity index (χ1v) is 14.8. The SMILES string of the molecule is CCOC(=O)N/N=C(/C)[C@@]12ON=C(C(=O)OCC)[C@@H]1CC1C3CC=C4C[C@@H](OC(C)=O)CC[C@]4(C)C3CC[C@@]12C. The van der Waals surface area contributed by atoms with Gasteiger partial charge < -0.3 is 19.0 Å². The molecule has 10 nitrogen and oxygen atoms in total. The summed E-state index contributed by atoms with van der Waals surface area (Å²) in [6.07, 6.45) is 7.95. The van der Waals surface area contributed by atoms with Crippen LogP contribution in [0.2, 0.25) is 0 Å². The first kappa shape index (κ1) is 28.6. The summed E-state index contributed by atoms with van der Waals surface area (Å²) in [4.78, 5) is 43.1. The number of allylic oxidation sites excluding steroid dienone is 1. The topological polar surface area (TPSA) is 125 Å². The smallest absolute Gasteiger partial charge is 0.427 e. The van der Waals surface area contributed by atoms with Crippen LogP contribution in [-0.4, -0.2) is 54.4 Å². The number of hydrazone groups is 1. The number of nitrogens with zero attached hydrogens (tertiary/aromatic N) is 2. The molecule has 1 N–H and O–H groups in total. The summed E-state index contributed by atoms with van der Waals surface area (Å²) in [5.74, 6) is 0.139. The summed E-state index contributed by atoms with van der Waals surface area (Å²) in [7, 11) is 0. The summed E-state index contributed by atoms with van der Waals surface area (Å²) in [6, 6.07) is 0. The molecule has 0 aromatic carbocycles. The molecule has 3 fully saturated rings. The molecule has 0 bridgehead atoms. The van der Waals surface area contributed by atoms with E-state index in [9.17, 15) is 14.4 Å². The molecule has 0 aromatic rings. The van der Waals surface area contributed by atoms with E-state index in [-0.39, 0.29) is 48.0 Å². The van der Waals surface area contributed by atoms with Gasteiger partial charge in [-0.05, 0) is 82.5 Å². The van der Waals surface area contributed by atoms with E-state index >= 15 is 0 Å². The highest BCUT2D eigenvalue weighted by molar-refractivity contribution is 6.38. The van der Waals surface area contributed by atoms with Gasteiger partial charge in [0, 0.05) is 18.8 Å². The molecule has 1 aliphatic heterocycles. The average molecular weight is 558 g/mol. The van der Waals surface area contributed by atoms with E-state index in [4.69, 9.17) is 19.0 Å². The van der Waals surface area contributed by atoms with Crippen molar-refractivity contribution >= 4 is 29.5 Å². The van der Waals surface area contributed by atoms with Crippen LogP contribution in [-0.2, 0) is 28.6 Å². The molecule has 8 atom stereocenters. The predicted molar refractivity (Wildman–Crippen MR) is 147 cm³/mol. The number of rotatable bonds is 6. The van der Waals surface area contributed by atoms with Gasteiger partial charge in [-0.25, -0.2) is 15.0 Å². The van der Waals surface area contributed by atoms with Crippen LogP contribution in [0, 0.1) is 34.5 Å². The van der Waals surface area contributed by atoms with Gasteiger partial charge in [-0.15, -0.1) is 0 Å². The van der Waals surface area contributed by atoms with Crippen LogP contribution in [0.15, 0.2) is 21.9 Å². The summed E-state index contributed by atoms with van der Waals surface area (Å²) >= 11 is 0. The average Bonchev–Trinajstić information content (AvgIpc) is 3.41. The van der Waals surface area contributed by atoms with Crippen LogP contribution < -0.4 is 5.43 Å². The number of hydrogen-bond acceptors (Lipinski definition) is 9. The second-order valence-electron chi connectivity index (χ2n) is 12.5. The molecule has 5 aliphatic rings. The Bertz CT molecular complexity index is 1160. The fourth-order valence-electron chi connectivity index (χ4n) is 9.15. The molecule has 0 spiro atoms. The zero-order chi connectivity index (χ0) is 28.9. The van der Waals surface area contributed by atoms with Crippen molar-refractivity contribution in [2.24, 2.45) is 44.8 Å². The third-order valence-electron chi connectivity index (χ3n) is 10.8. The Balaban J connectivity index is 1.49. The molecule has 0 aromatic heterocycles. The van der Waals surface area contributed by atoms with E-state index < -0.39 is 17.7 Å². The highest BCUT2D eigenvalue weighted by atomic mass is 16.7. The Labute approximate surface area is 236 Å². The molecule has 3 saturated carbocycles. The molecule has 5 rings (SSSR count). The Kier molecular flexibility index (Phi) is 7.50. The van der Waals surface area contributed by atoms with E-state index in [1.807, 2.05) is 6.92 Å². The first-order chi connectivity index (χ1) is 19.0. The third kappa shape index (κ3) is 4.24. The minimum absolute atomic E-state index is 0.0427. The Hall–Kier alpha value is -2.91. The molecule has 10 heteroatoms. The van der Waals surface area contributed by atoms with Crippen molar-refractivity contribution < 1.29 is 33.4 Å². The lowest BCUT2D eigenvalue weighted by molar-refractivity contribution is -0.149. The van der Waals surface area contributed by atoms with Gasteiger partial charge in [0.25, 0.3) is 0 Å². The number of ether oxygens (including phenoxy) is 3. The van der Waals surface area contributed by atoms with Crippen molar-refractivity contribution in [3.63, 3.8) is 0 Å². The van der Waals surface area contributed by atoms with Crippen LogP contribution in [0.4, 0.5) is 4.79 Å². The molecule has 4 aliphatic carbocycles. The molecule has 220 valence electrons. The van der Waals surface area contributed by atoms with Gasteiger partial charge in [0.1, 0.15) is 6.10 Å². The number of esters is 2. The lowest BCUT2D eigenvalue weighted by atomic mass is 9.46. The molecule has 1 heterocycles. The van der Waals surface area contributed by atoms with E-state index in [0.717, 1.165) is 44.9 Å². The number of hydrogen-bond donors (Lipinski definition) is 1. The summed E-state index contributed by atoms with van der Waals surface area (Å²) < 4.78 is 16.0. The van der Waals surface area contributed by atoms with Gasteiger partial charge in [0.2, 0.25) is 0 Å². The molecule has 40 heavy (non-hydrogen) atoms. The van der Waals surface area contributed by atoms with Gasteiger partial charge in [-0.1, -0.05) is 30.7 Å². The molecule has 0 saturated heterocycles. The van der Waals surface area contributed by atoms with Crippen molar-refractivity contribution in [2.45, 2.75) is 98.2 Å². The quantitative estimate of drug-likeness (QED) is 0.162.